The molecule has 3 aliphatic rings. The summed E-state index contributed by atoms with van der Waals surface area (Å²) in [6.07, 6.45) is 2.06. The van der Waals surface area contributed by atoms with Gasteiger partial charge in [0.15, 0.2) is 0 Å². The number of morpholine rings is 1. The molecule has 4 atom stereocenters. The van der Waals surface area contributed by atoms with E-state index in [1.165, 1.54) is 0 Å². The molecule has 0 spiro atoms. The van der Waals surface area contributed by atoms with Gasteiger partial charge in [-0.25, -0.2) is 4.79 Å². The van der Waals surface area contributed by atoms with Gasteiger partial charge < -0.3 is 14.0 Å². The molecule has 0 aliphatic carbocycles. The number of epoxide rings is 1. The quantitative estimate of drug-likeness (QED) is 0.667. The Hall–Kier alpha value is -2.37. The van der Waals surface area contributed by atoms with Crippen LogP contribution >= 0.6 is 0 Å². The molecule has 140 valence electrons. The van der Waals surface area contributed by atoms with Crippen LogP contribution < -0.4 is 5.32 Å². The van der Waals surface area contributed by atoms with Crippen LogP contribution in [-0.2, 0) is 9.47 Å². The third kappa shape index (κ3) is 2.82. The van der Waals surface area contributed by atoms with Gasteiger partial charge in [0.2, 0.25) is 0 Å². The number of rotatable bonds is 3. The molecule has 3 fully saturated rings. The monoisotopic (exact) mass is 365 g/mol. The van der Waals surface area contributed by atoms with Crippen molar-refractivity contribution in [3.63, 3.8) is 0 Å². The molecule has 0 saturated carbocycles. The molecule has 3 heterocycles. The maximum absolute atomic E-state index is 12.6. The number of nitrogens with zero attached hydrogens (tertiary/aromatic N) is 1. The Morgan fingerprint density at radius 1 is 1.00 bits per heavy atom. The summed E-state index contributed by atoms with van der Waals surface area (Å²) in [5.41, 5.74) is 2.83. The highest BCUT2D eigenvalue weighted by molar-refractivity contribution is 5.91. The van der Waals surface area contributed by atoms with E-state index in [1.807, 2.05) is 54.6 Å². The van der Waals surface area contributed by atoms with E-state index < -0.39 is 0 Å². The zero-order valence-corrected chi connectivity index (χ0v) is 15.7. The smallest absolute Gasteiger partial charge is 0.411 e. The molecule has 27 heavy (non-hydrogen) atoms. The molecule has 0 radical (unpaired) electrons. The molecular formula is C22H25N2O3+. The molecule has 3 aliphatic heterocycles. The van der Waals surface area contributed by atoms with Crippen LogP contribution in [0.3, 0.4) is 0 Å². The van der Waals surface area contributed by atoms with Gasteiger partial charge in [0.1, 0.15) is 30.4 Å². The number of piperidine rings is 1. The Morgan fingerprint density at radius 2 is 1.63 bits per heavy atom. The molecule has 4 unspecified atom stereocenters. The van der Waals surface area contributed by atoms with Crippen LogP contribution in [0.25, 0.3) is 11.1 Å². The minimum absolute atomic E-state index is 0.0357. The predicted molar refractivity (Wildman–Crippen MR) is 103 cm³/mol. The average Bonchev–Trinajstić information content (AvgIpc) is 3.41. The Labute approximate surface area is 159 Å². The van der Waals surface area contributed by atoms with Gasteiger partial charge in [-0.1, -0.05) is 48.5 Å². The summed E-state index contributed by atoms with van der Waals surface area (Å²) in [5.74, 6) is 0. The third-order valence-electron chi connectivity index (χ3n) is 6.56. The predicted octanol–water partition coefficient (Wildman–Crippen LogP) is 3.66. The second-order valence-corrected chi connectivity index (χ2v) is 8.36. The largest absolute Gasteiger partial charge is 0.445 e. The summed E-state index contributed by atoms with van der Waals surface area (Å²) >= 11 is 0. The lowest BCUT2D eigenvalue weighted by Crippen LogP contribution is -2.60. The second kappa shape index (κ2) is 6.08. The van der Waals surface area contributed by atoms with E-state index in [1.54, 1.807) is 0 Å². The number of amides is 1. The maximum Gasteiger partial charge on any atom is 0.411 e. The number of anilines is 1. The lowest BCUT2D eigenvalue weighted by molar-refractivity contribution is -0.938. The Morgan fingerprint density at radius 3 is 2.33 bits per heavy atom. The first kappa shape index (κ1) is 16.8. The minimum atomic E-state index is -0.371. The van der Waals surface area contributed by atoms with Gasteiger partial charge in [-0.2, -0.15) is 0 Å². The summed E-state index contributed by atoms with van der Waals surface area (Å²) < 4.78 is 12.6. The Bertz CT molecular complexity index is 847. The SMILES string of the molecule is C[N+]1(C)C2CC(OC(=O)Nc3ccccc3-c3ccccc3)CC1C1OC12. The van der Waals surface area contributed by atoms with Gasteiger partial charge in [-0.3, -0.25) is 5.32 Å². The van der Waals surface area contributed by atoms with Gasteiger partial charge in [0.05, 0.1) is 19.8 Å². The van der Waals surface area contributed by atoms with Gasteiger partial charge in [0.25, 0.3) is 0 Å². The van der Waals surface area contributed by atoms with Crippen LogP contribution in [0.5, 0.6) is 0 Å². The van der Waals surface area contributed by atoms with E-state index in [9.17, 15) is 4.79 Å². The number of carbonyl (C=O) groups excluding carboxylic acids is 1. The number of hydrogen-bond donors (Lipinski definition) is 1. The number of quaternary nitrogens is 1. The number of nitrogens with one attached hydrogen (secondary N) is 1. The number of ether oxygens (including phenoxy) is 2. The second-order valence-electron chi connectivity index (χ2n) is 8.36. The first-order valence-corrected chi connectivity index (χ1v) is 9.65. The van der Waals surface area contributed by atoms with Crippen molar-refractivity contribution in [1.82, 2.24) is 0 Å². The fourth-order valence-electron chi connectivity index (χ4n) is 5.05. The molecule has 1 amide bonds. The first-order chi connectivity index (χ1) is 13.0. The standard InChI is InChI=1S/C22H24N2O3/c1-24(2)18-12-15(13-19(24)21-20(18)27-21)26-22(25)23-17-11-7-6-10-16(17)14-8-4-3-5-9-14/h3-11,15,18-21H,12-13H2,1-2H3/p+1. The molecule has 1 N–H and O–H groups in total. The molecule has 0 aromatic heterocycles. The highest BCUT2D eigenvalue weighted by atomic mass is 16.6. The zero-order chi connectivity index (χ0) is 18.6. The number of para-hydroxylation sites is 1. The fourth-order valence-corrected chi connectivity index (χ4v) is 5.05. The van der Waals surface area contributed by atoms with Gasteiger partial charge in [0, 0.05) is 18.4 Å². The van der Waals surface area contributed by atoms with Crippen molar-refractivity contribution >= 4 is 11.8 Å². The van der Waals surface area contributed by atoms with Crippen LogP contribution in [0.2, 0.25) is 0 Å². The molecule has 5 nitrogen and oxygen atoms in total. The maximum atomic E-state index is 12.6. The van der Waals surface area contributed by atoms with Crippen LogP contribution in [0.1, 0.15) is 12.8 Å². The fraction of sp³-hybridized carbons (Fsp3) is 0.409. The molecule has 2 bridgehead atoms. The van der Waals surface area contributed by atoms with Crippen LogP contribution in [0.15, 0.2) is 54.6 Å². The molecule has 5 heteroatoms. The van der Waals surface area contributed by atoms with Gasteiger partial charge in [-0.05, 0) is 11.6 Å². The first-order valence-electron chi connectivity index (χ1n) is 9.65. The molecule has 2 aromatic rings. The minimum Gasteiger partial charge on any atom is -0.445 e. The van der Waals surface area contributed by atoms with Crippen molar-refractivity contribution < 1.29 is 18.8 Å². The van der Waals surface area contributed by atoms with Crippen molar-refractivity contribution in [3.05, 3.63) is 54.6 Å². The number of likely N-dealkylation sites (N-methyl/N-ethyl adjacent to an activating group) is 1. The van der Waals surface area contributed by atoms with Crippen molar-refractivity contribution in [2.75, 3.05) is 19.4 Å². The van der Waals surface area contributed by atoms with Crippen molar-refractivity contribution in [3.8, 4) is 11.1 Å². The lowest BCUT2D eigenvalue weighted by Gasteiger charge is -2.45. The van der Waals surface area contributed by atoms with E-state index in [-0.39, 0.29) is 12.2 Å². The number of carbonyl (C=O) groups is 1. The lowest BCUT2D eigenvalue weighted by atomic mass is 9.96. The van der Waals surface area contributed by atoms with E-state index in [0.717, 1.165) is 34.1 Å². The summed E-state index contributed by atoms with van der Waals surface area (Å²) in [5, 5.41) is 2.95. The summed E-state index contributed by atoms with van der Waals surface area (Å²) in [7, 11) is 4.55. The van der Waals surface area contributed by atoms with Crippen molar-refractivity contribution in [2.45, 2.75) is 43.2 Å². The normalized spacial score (nSPS) is 32.4. The van der Waals surface area contributed by atoms with Crippen LogP contribution in [-0.4, -0.2) is 55.1 Å². The summed E-state index contributed by atoms with van der Waals surface area (Å²) in [4.78, 5) is 12.6. The molecule has 3 saturated heterocycles. The third-order valence-corrected chi connectivity index (χ3v) is 6.56. The highest BCUT2D eigenvalue weighted by Gasteiger charge is 2.70. The van der Waals surface area contributed by atoms with Crippen molar-refractivity contribution in [2.24, 2.45) is 0 Å². The average molecular weight is 365 g/mol. The molecule has 2 aromatic carbocycles. The molecule has 5 rings (SSSR count). The Balaban J connectivity index is 1.28. The van der Waals surface area contributed by atoms with E-state index in [2.05, 4.69) is 19.4 Å². The summed E-state index contributed by atoms with van der Waals surface area (Å²) in [6.45, 7) is 0. The molecular weight excluding hydrogens is 340 g/mol. The van der Waals surface area contributed by atoms with Crippen molar-refractivity contribution in [1.29, 1.82) is 0 Å². The number of hydrogen-bond acceptors (Lipinski definition) is 3. The van der Waals surface area contributed by atoms with Crippen LogP contribution in [0.4, 0.5) is 10.5 Å². The van der Waals surface area contributed by atoms with Gasteiger partial charge in [-0.15, -0.1) is 0 Å². The van der Waals surface area contributed by atoms with Gasteiger partial charge >= 0.3 is 6.09 Å². The summed E-state index contributed by atoms with van der Waals surface area (Å²) in [6, 6.07) is 18.7. The number of fused-ring (bicyclic) bond motifs is 5. The van der Waals surface area contributed by atoms with Crippen LogP contribution in [0, 0.1) is 0 Å². The topological polar surface area (TPSA) is 50.9 Å². The van der Waals surface area contributed by atoms with E-state index >= 15 is 0 Å². The van der Waals surface area contributed by atoms with E-state index in [0.29, 0.717) is 24.3 Å². The number of benzene rings is 2. The zero-order valence-electron chi connectivity index (χ0n) is 15.7. The highest BCUT2D eigenvalue weighted by Crippen LogP contribution is 2.51. The van der Waals surface area contributed by atoms with E-state index in [4.69, 9.17) is 9.47 Å². The Kier molecular flexibility index (Phi) is 3.78.